The third-order valence-electron chi connectivity index (χ3n) is 4.75. The number of methoxy groups -OCH3 is 1. The summed E-state index contributed by atoms with van der Waals surface area (Å²) in [6.45, 7) is 1.54. The third kappa shape index (κ3) is 4.14. The molecule has 0 aliphatic heterocycles. The molecule has 0 radical (unpaired) electrons. The SMILES string of the molecule is COc1ccc(C(C(C)=O)C(C(=O)c2ccccc2)c2ccccc2)cc1. The second-order valence-corrected chi connectivity index (χ2v) is 6.48. The fourth-order valence-corrected chi connectivity index (χ4v) is 3.41. The topological polar surface area (TPSA) is 43.4 Å². The van der Waals surface area contributed by atoms with E-state index in [2.05, 4.69) is 0 Å². The van der Waals surface area contributed by atoms with E-state index in [1.54, 1.807) is 26.2 Å². The number of ether oxygens (including phenoxy) is 1. The van der Waals surface area contributed by atoms with Crippen molar-refractivity contribution in [1.29, 1.82) is 0 Å². The Morgan fingerprint density at radius 3 is 1.74 bits per heavy atom. The first-order chi connectivity index (χ1) is 13.1. The zero-order chi connectivity index (χ0) is 19.2. The number of benzene rings is 3. The Morgan fingerprint density at radius 2 is 1.22 bits per heavy atom. The molecule has 0 aromatic heterocycles. The van der Waals surface area contributed by atoms with Crippen molar-refractivity contribution in [3.05, 3.63) is 102 Å². The summed E-state index contributed by atoms with van der Waals surface area (Å²) in [5.41, 5.74) is 2.25. The largest absolute Gasteiger partial charge is 0.497 e. The summed E-state index contributed by atoms with van der Waals surface area (Å²) in [6.07, 6.45) is 0. The molecule has 0 aliphatic rings. The highest BCUT2D eigenvalue weighted by atomic mass is 16.5. The van der Waals surface area contributed by atoms with E-state index in [4.69, 9.17) is 4.74 Å². The zero-order valence-electron chi connectivity index (χ0n) is 15.5. The second kappa shape index (κ2) is 8.45. The van der Waals surface area contributed by atoms with Gasteiger partial charge in [0.1, 0.15) is 11.5 Å². The van der Waals surface area contributed by atoms with Crippen molar-refractivity contribution in [3.63, 3.8) is 0 Å². The average molecular weight is 358 g/mol. The van der Waals surface area contributed by atoms with Crippen molar-refractivity contribution in [3.8, 4) is 5.75 Å². The summed E-state index contributed by atoms with van der Waals surface area (Å²) in [6, 6.07) is 26.0. The number of rotatable bonds is 7. The molecule has 3 rings (SSSR count). The maximum atomic E-state index is 13.4. The molecule has 2 unspecified atom stereocenters. The normalized spacial score (nSPS) is 12.8. The lowest BCUT2D eigenvalue weighted by Gasteiger charge is -2.25. The Balaban J connectivity index is 2.11. The van der Waals surface area contributed by atoms with Crippen LogP contribution in [-0.2, 0) is 4.79 Å². The molecule has 2 atom stereocenters. The minimum atomic E-state index is -0.584. The maximum Gasteiger partial charge on any atom is 0.171 e. The molecule has 0 N–H and O–H groups in total. The Bertz CT molecular complexity index is 899. The molecule has 0 amide bonds. The summed E-state index contributed by atoms with van der Waals surface area (Å²) in [5, 5.41) is 0. The molecule has 0 saturated carbocycles. The van der Waals surface area contributed by atoms with Crippen LogP contribution in [0.2, 0.25) is 0 Å². The monoisotopic (exact) mass is 358 g/mol. The Labute approximate surface area is 159 Å². The molecule has 0 heterocycles. The molecular weight excluding hydrogens is 336 g/mol. The fraction of sp³-hybridized carbons (Fsp3) is 0.167. The molecule has 27 heavy (non-hydrogen) atoms. The second-order valence-electron chi connectivity index (χ2n) is 6.48. The number of ketones is 2. The summed E-state index contributed by atoms with van der Waals surface area (Å²) in [7, 11) is 1.60. The summed E-state index contributed by atoms with van der Waals surface area (Å²) >= 11 is 0. The van der Waals surface area contributed by atoms with Gasteiger partial charge in [0.25, 0.3) is 0 Å². The van der Waals surface area contributed by atoms with Gasteiger partial charge < -0.3 is 4.74 Å². The molecule has 0 saturated heterocycles. The Morgan fingerprint density at radius 1 is 0.704 bits per heavy atom. The highest BCUT2D eigenvalue weighted by Crippen LogP contribution is 2.37. The van der Waals surface area contributed by atoms with E-state index >= 15 is 0 Å². The van der Waals surface area contributed by atoms with E-state index < -0.39 is 11.8 Å². The van der Waals surface area contributed by atoms with Crippen LogP contribution in [-0.4, -0.2) is 18.7 Å². The maximum absolute atomic E-state index is 13.4. The predicted molar refractivity (Wildman–Crippen MR) is 106 cm³/mol. The molecular formula is C24H22O3. The lowest BCUT2D eigenvalue weighted by molar-refractivity contribution is -0.118. The Hall–Kier alpha value is -3.20. The van der Waals surface area contributed by atoms with Crippen LogP contribution in [0.25, 0.3) is 0 Å². The molecule has 3 aromatic rings. The van der Waals surface area contributed by atoms with Gasteiger partial charge in [-0.3, -0.25) is 9.59 Å². The first-order valence-corrected chi connectivity index (χ1v) is 8.90. The minimum Gasteiger partial charge on any atom is -0.497 e. The first-order valence-electron chi connectivity index (χ1n) is 8.90. The van der Waals surface area contributed by atoms with Crippen LogP contribution in [0.15, 0.2) is 84.9 Å². The van der Waals surface area contributed by atoms with Gasteiger partial charge in [0, 0.05) is 5.56 Å². The molecule has 0 spiro atoms. The van der Waals surface area contributed by atoms with Crippen LogP contribution in [0.5, 0.6) is 5.75 Å². The molecule has 3 heteroatoms. The number of Topliss-reactive ketones (excluding diaryl/α,β-unsaturated/α-hetero) is 2. The highest BCUT2D eigenvalue weighted by molar-refractivity contribution is 6.05. The highest BCUT2D eigenvalue weighted by Gasteiger charge is 2.34. The van der Waals surface area contributed by atoms with Crippen molar-refractivity contribution >= 4 is 11.6 Å². The number of hydrogen-bond donors (Lipinski definition) is 0. The van der Waals surface area contributed by atoms with Crippen LogP contribution >= 0.6 is 0 Å². The van der Waals surface area contributed by atoms with Gasteiger partial charge in [-0.15, -0.1) is 0 Å². The van der Waals surface area contributed by atoms with Crippen molar-refractivity contribution in [2.75, 3.05) is 7.11 Å². The van der Waals surface area contributed by atoms with Crippen molar-refractivity contribution in [2.24, 2.45) is 0 Å². The van der Waals surface area contributed by atoms with E-state index in [1.165, 1.54) is 0 Å². The fourth-order valence-electron chi connectivity index (χ4n) is 3.41. The lowest BCUT2D eigenvalue weighted by atomic mass is 9.75. The van der Waals surface area contributed by atoms with E-state index in [1.807, 2.05) is 72.8 Å². The van der Waals surface area contributed by atoms with E-state index in [0.29, 0.717) is 11.3 Å². The smallest absolute Gasteiger partial charge is 0.171 e. The molecule has 136 valence electrons. The van der Waals surface area contributed by atoms with Crippen LogP contribution in [0.1, 0.15) is 40.2 Å². The van der Waals surface area contributed by atoms with Gasteiger partial charge in [0.15, 0.2) is 5.78 Å². The van der Waals surface area contributed by atoms with E-state index in [-0.39, 0.29) is 11.6 Å². The molecule has 3 aromatic carbocycles. The van der Waals surface area contributed by atoms with Gasteiger partial charge in [0.2, 0.25) is 0 Å². The molecule has 0 bridgehead atoms. The number of carbonyl (C=O) groups excluding carboxylic acids is 2. The number of carbonyl (C=O) groups is 2. The van der Waals surface area contributed by atoms with Gasteiger partial charge >= 0.3 is 0 Å². The third-order valence-corrected chi connectivity index (χ3v) is 4.75. The van der Waals surface area contributed by atoms with Gasteiger partial charge in [-0.25, -0.2) is 0 Å². The Kier molecular flexibility index (Phi) is 5.82. The van der Waals surface area contributed by atoms with Crippen molar-refractivity contribution in [2.45, 2.75) is 18.8 Å². The lowest BCUT2D eigenvalue weighted by Crippen LogP contribution is -2.25. The van der Waals surface area contributed by atoms with Gasteiger partial charge in [-0.1, -0.05) is 72.8 Å². The summed E-state index contributed by atoms with van der Waals surface area (Å²) in [4.78, 5) is 26.1. The minimum absolute atomic E-state index is 0.0432. The zero-order valence-corrected chi connectivity index (χ0v) is 15.5. The molecule has 0 aliphatic carbocycles. The molecule has 3 nitrogen and oxygen atoms in total. The molecule has 0 fully saturated rings. The standard InChI is InChI=1S/C24H22O3/c1-17(25)22(19-13-15-21(27-2)16-14-19)23(18-9-5-3-6-10-18)24(26)20-11-7-4-8-12-20/h3-16,22-23H,1-2H3. The van der Waals surface area contributed by atoms with Gasteiger partial charge in [-0.05, 0) is 30.2 Å². The average Bonchev–Trinajstić information content (AvgIpc) is 2.72. The van der Waals surface area contributed by atoms with Crippen molar-refractivity contribution < 1.29 is 14.3 Å². The van der Waals surface area contributed by atoms with Crippen LogP contribution < -0.4 is 4.74 Å². The van der Waals surface area contributed by atoms with Gasteiger partial charge in [0.05, 0.1) is 18.9 Å². The van der Waals surface area contributed by atoms with Crippen LogP contribution in [0.4, 0.5) is 0 Å². The quantitative estimate of drug-likeness (QED) is 0.556. The summed E-state index contributed by atoms with van der Waals surface area (Å²) < 4.78 is 5.22. The van der Waals surface area contributed by atoms with E-state index in [0.717, 1.165) is 11.1 Å². The van der Waals surface area contributed by atoms with Crippen LogP contribution in [0, 0.1) is 0 Å². The summed E-state index contributed by atoms with van der Waals surface area (Å²) in [5.74, 6) is -0.534. The first kappa shape index (κ1) is 18.6. The predicted octanol–water partition coefficient (Wildman–Crippen LogP) is 5.03. The number of hydrogen-bond acceptors (Lipinski definition) is 3. The van der Waals surface area contributed by atoms with E-state index in [9.17, 15) is 9.59 Å². The van der Waals surface area contributed by atoms with Crippen molar-refractivity contribution in [1.82, 2.24) is 0 Å². The van der Waals surface area contributed by atoms with Gasteiger partial charge in [-0.2, -0.15) is 0 Å². The van der Waals surface area contributed by atoms with Crippen LogP contribution in [0.3, 0.4) is 0 Å².